The minimum Gasteiger partial charge on any atom is -0.347 e. The van der Waals surface area contributed by atoms with Crippen molar-refractivity contribution in [2.45, 2.75) is 39.2 Å². The monoisotopic (exact) mass is 486 g/mol. The zero-order valence-corrected chi connectivity index (χ0v) is 20.9. The van der Waals surface area contributed by atoms with Crippen LogP contribution in [0.4, 0.5) is 5.95 Å². The maximum absolute atomic E-state index is 13.2. The van der Waals surface area contributed by atoms with Gasteiger partial charge in [-0.25, -0.2) is 9.97 Å². The molecule has 7 nitrogen and oxygen atoms in total. The van der Waals surface area contributed by atoms with Gasteiger partial charge in [0, 0.05) is 49.9 Å². The van der Waals surface area contributed by atoms with E-state index >= 15 is 0 Å². The molecule has 1 saturated heterocycles. The molecule has 1 aliphatic heterocycles. The number of carbonyl (C=O) groups excluding carboxylic acids is 1. The molecule has 0 aliphatic carbocycles. The number of anilines is 1. The van der Waals surface area contributed by atoms with Crippen molar-refractivity contribution in [3.8, 4) is 11.1 Å². The molecule has 33 heavy (non-hydrogen) atoms. The van der Waals surface area contributed by atoms with Crippen molar-refractivity contribution >= 4 is 35.1 Å². The van der Waals surface area contributed by atoms with Crippen LogP contribution in [0.25, 0.3) is 11.1 Å². The normalized spacial score (nSPS) is 16.2. The molecule has 0 unspecified atom stereocenters. The maximum Gasteiger partial charge on any atom is 0.244 e. The van der Waals surface area contributed by atoms with E-state index in [1.165, 1.54) is 0 Å². The van der Waals surface area contributed by atoms with E-state index in [2.05, 4.69) is 10.1 Å². The number of amides is 1. The van der Waals surface area contributed by atoms with Crippen LogP contribution in [0.15, 0.2) is 30.5 Å². The Kier molecular flexibility index (Phi) is 6.91. The third-order valence-corrected chi connectivity index (χ3v) is 6.90. The number of aryl methyl sites for hydroxylation is 1. The van der Waals surface area contributed by atoms with E-state index in [9.17, 15) is 4.79 Å². The average Bonchev–Trinajstić information content (AvgIpc) is 3.05. The van der Waals surface area contributed by atoms with Gasteiger partial charge >= 0.3 is 0 Å². The number of likely N-dealkylation sites (tertiary alicyclic amines) is 1. The fraction of sp³-hybridized carbons (Fsp3) is 0.417. The van der Waals surface area contributed by atoms with Crippen molar-refractivity contribution in [3.05, 3.63) is 57.6 Å². The lowest BCUT2D eigenvalue weighted by Gasteiger charge is -2.33. The highest BCUT2D eigenvalue weighted by molar-refractivity contribution is 6.31. The molecular formula is C24H28Cl2N6O. The summed E-state index contributed by atoms with van der Waals surface area (Å²) in [6.45, 7) is 5.25. The highest BCUT2D eigenvalue weighted by Gasteiger charge is 2.29. The Bertz CT molecular complexity index is 1160. The van der Waals surface area contributed by atoms with Crippen molar-refractivity contribution in [1.82, 2.24) is 24.6 Å². The summed E-state index contributed by atoms with van der Waals surface area (Å²) in [4.78, 5) is 26.4. The topological polar surface area (TPSA) is 67.2 Å². The first kappa shape index (κ1) is 23.5. The molecule has 0 spiro atoms. The Hall–Kier alpha value is -2.64. The van der Waals surface area contributed by atoms with Crippen LogP contribution in [-0.4, -0.2) is 57.7 Å². The van der Waals surface area contributed by atoms with Gasteiger partial charge < -0.3 is 9.80 Å². The molecule has 1 fully saturated rings. The molecule has 0 bridgehead atoms. The van der Waals surface area contributed by atoms with Crippen LogP contribution in [-0.2, 0) is 11.3 Å². The van der Waals surface area contributed by atoms with Crippen molar-refractivity contribution < 1.29 is 4.79 Å². The summed E-state index contributed by atoms with van der Waals surface area (Å²) in [7, 11) is 3.86. The lowest BCUT2D eigenvalue weighted by atomic mass is 9.90. The molecule has 1 atom stereocenters. The third kappa shape index (κ3) is 4.99. The first-order valence-corrected chi connectivity index (χ1v) is 11.8. The van der Waals surface area contributed by atoms with Gasteiger partial charge in [0.05, 0.1) is 22.1 Å². The second kappa shape index (κ2) is 9.69. The van der Waals surface area contributed by atoms with Gasteiger partial charge in [-0.15, -0.1) is 0 Å². The average molecular weight is 487 g/mol. The lowest BCUT2D eigenvalue weighted by molar-refractivity contribution is -0.133. The third-order valence-electron chi connectivity index (χ3n) is 6.10. The van der Waals surface area contributed by atoms with Crippen LogP contribution in [0.3, 0.4) is 0 Å². The zero-order chi connectivity index (χ0) is 23.7. The number of benzene rings is 1. The molecular weight excluding hydrogens is 459 g/mol. The van der Waals surface area contributed by atoms with Gasteiger partial charge in [0.1, 0.15) is 6.54 Å². The fourth-order valence-electron chi connectivity index (χ4n) is 4.25. The molecule has 2 aromatic heterocycles. The van der Waals surface area contributed by atoms with E-state index in [0.717, 1.165) is 47.6 Å². The smallest absolute Gasteiger partial charge is 0.244 e. The Balaban J connectivity index is 1.61. The molecule has 1 aromatic carbocycles. The Morgan fingerprint density at radius 3 is 2.55 bits per heavy atom. The molecule has 1 amide bonds. The van der Waals surface area contributed by atoms with Crippen LogP contribution >= 0.6 is 23.2 Å². The van der Waals surface area contributed by atoms with Crippen LogP contribution in [0.1, 0.15) is 35.8 Å². The summed E-state index contributed by atoms with van der Waals surface area (Å²) in [6, 6.07) is 7.71. The van der Waals surface area contributed by atoms with Crippen molar-refractivity contribution in [1.29, 1.82) is 0 Å². The molecule has 3 heterocycles. The predicted octanol–water partition coefficient (Wildman–Crippen LogP) is 4.74. The Labute approximate surface area is 204 Å². The second-order valence-corrected chi connectivity index (χ2v) is 9.51. The molecule has 0 N–H and O–H groups in total. The molecule has 0 saturated carbocycles. The molecule has 1 aliphatic rings. The molecule has 9 heteroatoms. The summed E-state index contributed by atoms with van der Waals surface area (Å²) < 4.78 is 1.69. The summed E-state index contributed by atoms with van der Waals surface area (Å²) in [6.07, 6.45) is 3.75. The SMILES string of the molecule is Cc1nn(CC(=O)N2CCC[C@@H](c3nc(N(C)C)ncc3-c3ccc(Cl)cc3)C2)c(C)c1Cl. The number of carbonyl (C=O) groups is 1. The van der Waals surface area contributed by atoms with E-state index in [4.69, 9.17) is 28.2 Å². The van der Waals surface area contributed by atoms with E-state index < -0.39 is 0 Å². The number of aromatic nitrogens is 4. The van der Waals surface area contributed by atoms with Gasteiger partial charge in [0.15, 0.2) is 0 Å². The lowest BCUT2D eigenvalue weighted by Crippen LogP contribution is -2.41. The van der Waals surface area contributed by atoms with E-state index in [0.29, 0.717) is 22.5 Å². The minimum atomic E-state index is 0.0388. The van der Waals surface area contributed by atoms with Crippen molar-refractivity contribution in [3.63, 3.8) is 0 Å². The van der Waals surface area contributed by atoms with Gasteiger partial charge in [-0.2, -0.15) is 5.10 Å². The van der Waals surface area contributed by atoms with Gasteiger partial charge in [-0.05, 0) is 44.4 Å². The van der Waals surface area contributed by atoms with Gasteiger partial charge in [-0.3, -0.25) is 9.48 Å². The number of rotatable bonds is 5. The van der Waals surface area contributed by atoms with Gasteiger partial charge in [0.2, 0.25) is 11.9 Å². The zero-order valence-electron chi connectivity index (χ0n) is 19.3. The number of nitrogens with zero attached hydrogens (tertiary/aromatic N) is 6. The van der Waals surface area contributed by atoms with Crippen LogP contribution in [0, 0.1) is 13.8 Å². The van der Waals surface area contributed by atoms with E-state index in [1.807, 2.05) is 68.2 Å². The van der Waals surface area contributed by atoms with Crippen LogP contribution in [0.5, 0.6) is 0 Å². The highest BCUT2D eigenvalue weighted by atomic mass is 35.5. The van der Waals surface area contributed by atoms with E-state index in [-0.39, 0.29) is 18.4 Å². The van der Waals surface area contributed by atoms with Crippen LogP contribution < -0.4 is 4.90 Å². The van der Waals surface area contributed by atoms with Crippen molar-refractivity contribution in [2.75, 3.05) is 32.1 Å². The summed E-state index contributed by atoms with van der Waals surface area (Å²) >= 11 is 12.4. The second-order valence-electron chi connectivity index (χ2n) is 8.69. The Morgan fingerprint density at radius 1 is 1.18 bits per heavy atom. The molecule has 174 valence electrons. The van der Waals surface area contributed by atoms with Crippen molar-refractivity contribution in [2.24, 2.45) is 0 Å². The summed E-state index contributed by atoms with van der Waals surface area (Å²) in [5, 5.41) is 5.71. The first-order chi connectivity index (χ1) is 15.7. The van der Waals surface area contributed by atoms with Crippen LogP contribution in [0.2, 0.25) is 10.0 Å². The first-order valence-electron chi connectivity index (χ1n) is 11.0. The summed E-state index contributed by atoms with van der Waals surface area (Å²) in [5.41, 5.74) is 4.50. The minimum absolute atomic E-state index is 0.0388. The number of halogens is 2. The number of piperidine rings is 1. The highest BCUT2D eigenvalue weighted by Crippen LogP contribution is 2.34. The largest absolute Gasteiger partial charge is 0.347 e. The Morgan fingerprint density at radius 2 is 1.91 bits per heavy atom. The number of hydrogen-bond donors (Lipinski definition) is 0. The standard InChI is InChI=1S/C24H28Cl2N6O/c1-15-22(26)16(2)32(29-15)14-21(33)31-11-5-6-18(13-31)23-20(12-27-24(28-23)30(3)4)17-7-9-19(25)10-8-17/h7-10,12,18H,5-6,11,13-14H2,1-4H3/t18-/m1/s1. The molecule has 0 radical (unpaired) electrons. The molecule has 4 rings (SSSR count). The van der Waals surface area contributed by atoms with Gasteiger partial charge in [-0.1, -0.05) is 35.3 Å². The maximum atomic E-state index is 13.2. The fourth-order valence-corrected chi connectivity index (χ4v) is 4.51. The predicted molar refractivity (Wildman–Crippen MR) is 132 cm³/mol. The van der Waals surface area contributed by atoms with E-state index in [1.54, 1.807) is 4.68 Å². The van der Waals surface area contributed by atoms with Gasteiger partial charge in [0.25, 0.3) is 0 Å². The number of hydrogen-bond acceptors (Lipinski definition) is 5. The quantitative estimate of drug-likeness (QED) is 0.520. The summed E-state index contributed by atoms with van der Waals surface area (Å²) in [5.74, 6) is 0.805. The molecule has 3 aromatic rings.